The quantitative estimate of drug-likeness (QED) is 0.673. The lowest BCUT2D eigenvalue weighted by atomic mass is 9.66. The van der Waals surface area contributed by atoms with E-state index in [0.717, 1.165) is 39.0 Å². The largest absolute Gasteiger partial charge is 0.383 e. The molecule has 120 valence electrons. The highest BCUT2D eigenvalue weighted by molar-refractivity contribution is 5.07. The van der Waals surface area contributed by atoms with Crippen LogP contribution in [0.2, 0.25) is 0 Å². The summed E-state index contributed by atoms with van der Waals surface area (Å²) in [5.41, 5.74) is 1.69. The number of aromatic nitrogens is 2. The Hall–Kier alpha value is -0.870. The van der Waals surface area contributed by atoms with Crippen LogP contribution in [0.25, 0.3) is 0 Å². The molecule has 0 aliphatic heterocycles. The molecule has 1 aromatic rings. The number of methoxy groups -OCH3 is 1. The first-order chi connectivity index (χ1) is 10.2. The van der Waals surface area contributed by atoms with Gasteiger partial charge in [-0.3, -0.25) is 4.68 Å². The van der Waals surface area contributed by atoms with Gasteiger partial charge in [0.15, 0.2) is 0 Å². The lowest BCUT2D eigenvalue weighted by Crippen LogP contribution is -2.42. The maximum atomic E-state index is 5.10. The Kier molecular flexibility index (Phi) is 6.24. The van der Waals surface area contributed by atoms with Crippen molar-refractivity contribution in [1.82, 2.24) is 15.1 Å². The number of hydrogen-bond donors (Lipinski definition) is 1. The summed E-state index contributed by atoms with van der Waals surface area (Å²) in [6.07, 6.45) is 9.59. The molecule has 1 aromatic heterocycles. The molecule has 0 bridgehead atoms. The van der Waals surface area contributed by atoms with Crippen LogP contribution in [0.15, 0.2) is 12.3 Å². The monoisotopic (exact) mass is 293 g/mol. The van der Waals surface area contributed by atoms with Gasteiger partial charge in [0.05, 0.1) is 18.3 Å². The fourth-order valence-corrected chi connectivity index (χ4v) is 3.34. The minimum absolute atomic E-state index is 0.431. The van der Waals surface area contributed by atoms with Crippen molar-refractivity contribution in [2.75, 3.05) is 26.8 Å². The molecule has 0 saturated heterocycles. The minimum atomic E-state index is 0.431. The molecule has 0 spiro atoms. The second-order valence-electron chi connectivity index (χ2n) is 6.46. The van der Waals surface area contributed by atoms with Crippen LogP contribution < -0.4 is 5.32 Å². The molecule has 0 atom stereocenters. The first-order valence-corrected chi connectivity index (χ1v) is 8.46. The van der Waals surface area contributed by atoms with Gasteiger partial charge in [0.1, 0.15) is 0 Å². The highest BCUT2D eigenvalue weighted by Gasteiger charge is 2.37. The van der Waals surface area contributed by atoms with Crippen molar-refractivity contribution in [3.05, 3.63) is 18.0 Å². The molecule has 21 heavy (non-hydrogen) atoms. The lowest BCUT2D eigenvalue weighted by molar-refractivity contribution is 0.121. The molecule has 1 aliphatic rings. The predicted molar refractivity (Wildman–Crippen MR) is 86.6 cm³/mol. The molecule has 4 heteroatoms. The zero-order valence-corrected chi connectivity index (χ0v) is 13.9. The molecule has 1 saturated carbocycles. The van der Waals surface area contributed by atoms with E-state index in [1.54, 1.807) is 7.11 Å². The Morgan fingerprint density at radius 1 is 1.38 bits per heavy atom. The van der Waals surface area contributed by atoms with Gasteiger partial charge in [-0.2, -0.15) is 5.10 Å². The second kappa shape index (κ2) is 7.95. The van der Waals surface area contributed by atoms with Crippen LogP contribution in [0.3, 0.4) is 0 Å². The van der Waals surface area contributed by atoms with Gasteiger partial charge >= 0.3 is 0 Å². The molecule has 0 unspecified atom stereocenters. The average molecular weight is 293 g/mol. The third-order valence-electron chi connectivity index (χ3n) is 4.93. The van der Waals surface area contributed by atoms with Gasteiger partial charge in [-0.1, -0.05) is 20.3 Å². The molecule has 4 nitrogen and oxygen atoms in total. The van der Waals surface area contributed by atoms with Gasteiger partial charge in [-0.25, -0.2) is 0 Å². The van der Waals surface area contributed by atoms with Crippen molar-refractivity contribution in [1.29, 1.82) is 0 Å². The molecular weight excluding hydrogens is 262 g/mol. The fourth-order valence-electron chi connectivity index (χ4n) is 3.34. The van der Waals surface area contributed by atoms with Crippen molar-refractivity contribution < 1.29 is 4.74 Å². The van der Waals surface area contributed by atoms with Crippen LogP contribution in [-0.4, -0.2) is 36.6 Å². The van der Waals surface area contributed by atoms with Crippen LogP contribution >= 0.6 is 0 Å². The van der Waals surface area contributed by atoms with Gasteiger partial charge in [-0.05, 0) is 43.6 Å². The molecular formula is C17H31N3O. The summed E-state index contributed by atoms with van der Waals surface area (Å²) in [5.74, 6) is 0. The van der Waals surface area contributed by atoms with Crippen molar-refractivity contribution in [2.24, 2.45) is 5.41 Å². The van der Waals surface area contributed by atoms with E-state index in [0.29, 0.717) is 11.5 Å². The minimum Gasteiger partial charge on any atom is -0.383 e. The number of hydrogen-bond acceptors (Lipinski definition) is 3. The maximum Gasteiger partial charge on any atom is 0.0630 e. The Labute approximate surface area is 129 Å². The Morgan fingerprint density at radius 3 is 2.71 bits per heavy atom. The summed E-state index contributed by atoms with van der Waals surface area (Å²) in [5, 5.41) is 8.37. The summed E-state index contributed by atoms with van der Waals surface area (Å²) in [6, 6.07) is 2.77. The van der Waals surface area contributed by atoms with E-state index >= 15 is 0 Å². The van der Waals surface area contributed by atoms with Crippen LogP contribution in [0.1, 0.15) is 57.7 Å². The van der Waals surface area contributed by atoms with Crippen molar-refractivity contribution in [3.8, 4) is 0 Å². The number of nitrogens with one attached hydrogen (secondary N) is 1. The van der Waals surface area contributed by atoms with Crippen molar-refractivity contribution in [3.63, 3.8) is 0 Å². The number of nitrogens with zero attached hydrogens (tertiary/aromatic N) is 2. The number of ether oxygens (including phenoxy) is 1. The fraction of sp³-hybridized carbons (Fsp3) is 0.824. The second-order valence-corrected chi connectivity index (χ2v) is 6.46. The first-order valence-electron chi connectivity index (χ1n) is 8.46. The molecule has 1 N–H and O–H groups in total. The van der Waals surface area contributed by atoms with Crippen LogP contribution in [-0.2, 0) is 11.2 Å². The van der Waals surface area contributed by atoms with Gasteiger partial charge in [0, 0.05) is 26.4 Å². The summed E-state index contributed by atoms with van der Waals surface area (Å²) in [7, 11) is 1.76. The molecule has 0 amide bonds. The van der Waals surface area contributed by atoms with Gasteiger partial charge in [0.25, 0.3) is 0 Å². The van der Waals surface area contributed by atoms with Crippen LogP contribution in [0.5, 0.6) is 0 Å². The zero-order chi connectivity index (χ0) is 15.1. The number of rotatable bonds is 10. The molecule has 1 fully saturated rings. The molecule has 2 rings (SSSR count). The van der Waals surface area contributed by atoms with Crippen LogP contribution in [0, 0.1) is 5.41 Å². The van der Waals surface area contributed by atoms with Gasteiger partial charge < -0.3 is 10.1 Å². The summed E-state index contributed by atoms with van der Waals surface area (Å²) in [4.78, 5) is 0. The van der Waals surface area contributed by atoms with Gasteiger partial charge in [-0.15, -0.1) is 0 Å². The normalized spacial score (nSPS) is 17.1. The maximum absolute atomic E-state index is 5.10. The third kappa shape index (κ3) is 4.30. The third-order valence-corrected chi connectivity index (χ3v) is 4.93. The van der Waals surface area contributed by atoms with E-state index in [9.17, 15) is 0 Å². The highest BCUT2D eigenvalue weighted by Crippen LogP contribution is 2.43. The van der Waals surface area contributed by atoms with E-state index in [1.807, 2.05) is 0 Å². The SMILES string of the molecule is CCC(CC)n1ccc(CC2(CNCCOC)CCC2)n1. The summed E-state index contributed by atoms with van der Waals surface area (Å²) >= 11 is 0. The van der Waals surface area contributed by atoms with Gasteiger partial charge in [0.2, 0.25) is 0 Å². The first kappa shape index (κ1) is 16.5. The lowest BCUT2D eigenvalue weighted by Gasteiger charge is -2.42. The summed E-state index contributed by atoms with van der Waals surface area (Å²) < 4.78 is 7.27. The predicted octanol–water partition coefficient (Wildman–Crippen LogP) is 3.19. The van der Waals surface area contributed by atoms with E-state index in [-0.39, 0.29) is 0 Å². The van der Waals surface area contributed by atoms with E-state index in [2.05, 4.69) is 36.1 Å². The smallest absolute Gasteiger partial charge is 0.0630 e. The summed E-state index contributed by atoms with van der Waals surface area (Å²) in [6.45, 7) is 7.30. The molecule has 1 aliphatic carbocycles. The Bertz CT molecular complexity index is 408. The van der Waals surface area contributed by atoms with Crippen molar-refractivity contribution in [2.45, 2.75) is 58.4 Å². The molecule has 1 heterocycles. The topological polar surface area (TPSA) is 39.1 Å². The Morgan fingerprint density at radius 2 is 2.14 bits per heavy atom. The average Bonchev–Trinajstić information content (AvgIpc) is 2.90. The van der Waals surface area contributed by atoms with E-state index in [4.69, 9.17) is 9.84 Å². The van der Waals surface area contributed by atoms with Crippen molar-refractivity contribution >= 4 is 0 Å². The van der Waals surface area contributed by atoms with E-state index in [1.165, 1.54) is 25.0 Å². The van der Waals surface area contributed by atoms with E-state index < -0.39 is 0 Å². The van der Waals surface area contributed by atoms with Crippen LogP contribution in [0.4, 0.5) is 0 Å². The Balaban J connectivity index is 1.89. The zero-order valence-electron chi connectivity index (χ0n) is 13.9. The highest BCUT2D eigenvalue weighted by atomic mass is 16.5. The standard InChI is InChI=1S/C17H31N3O/c1-4-16(5-2)20-11-7-15(19-20)13-17(8-6-9-17)14-18-10-12-21-3/h7,11,16,18H,4-6,8-10,12-14H2,1-3H3. The molecule has 0 aromatic carbocycles. The molecule has 0 radical (unpaired) electrons.